The molecule has 3 rings (SSSR count). The summed E-state index contributed by atoms with van der Waals surface area (Å²) in [7, 11) is 0. The summed E-state index contributed by atoms with van der Waals surface area (Å²) in [4.78, 5) is 15.9. The van der Waals surface area contributed by atoms with Gasteiger partial charge in [-0.1, -0.05) is 18.2 Å². The highest BCUT2D eigenvalue weighted by molar-refractivity contribution is 5.94. The number of rotatable bonds is 5. The van der Waals surface area contributed by atoms with Crippen molar-refractivity contribution in [2.45, 2.75) is 18.8 Å². The first kappa shape index (κ1) is 17.5. The summed E-state index contributed by atoms with van der Waals surface area (Å²) in [5.41, 5.74) is 0.778. The van der Waals surface area contributed by atoms with Crippen LogP contribution in [0.5, 0.6) is 0 Å². The van der Waals surface area contributed by atoms with Gasteiger partial charge < -0.3 is 5.32 Å². The van der Waals surface area contributed by atoms with Crippen molar-refractivity contribution in [3.8, 4) is 0 Å². The minimum atomic E-state index is -4.64. The van der Waals surface area contributed by atoms with E-state index in [0.717, 1.165) is 11.8 Å². The third-order valence-electron chi connectivity index (χ3n) is 3.57. The van der Waals surface area contributed by atoms with E-state index >= 15 is 0 Å². The Morgan fingerprint density at radius 2 is 1.96 bits per heavy atom. The van der Waals surface area contributed by atoms with Crippen LogP contribution in [0.15, 0.2) is 55.1 Å². The number of amides is 1. The predicted octanol–water partition coefficient (Wildman–Crippen LogP) is 2.15. The quantitative estimate of drug-likeness (QED) is 0.752. The SMILES string of the molecule is O=C(N[C@H](c1cccnc1)C(F)(F)F)c1ccc(Cn2cnnn2)cc1. The number of nitrogens with one attached hydrogen (secondary N) is 1. The maximum absolute atomic E-state index is 13.3. The van der Waals surface area contributed by atoms with Crippen LogP contribution in [0.4, 0.5) is 13.2 Å². The lowest BCUT2D eigenvalue weighted by molar-refractivity contribution is -0.155. The van der Waals surface area contributed by atoms with E-state index in [0.29, 0.717) is 6.54 Å². The Morgan fingerprint density at radius 3 is 2.54 bits per heavy atom. The van der Waals surface area contributed by atoms with Crippen molar-refractivity contribution in [1.29, 1.82) is 0 Å². The first-order valence-corrected chi connectivity index (χ1v) is 7.51. The number of nitrogens with zero attached hydrogens (tertiary/aromatic N) is 5. The normalized spacial score (nSPS) is 12.6. The van der Waals surface area contributed by atoms with Crippen LogP contribution >= 0.6 is 0 Å². The van der Waals surface area contributed by atoms with Crippen LogP contribution in [0, 0.1) is 0 Å². The zero-order valence-electron chi connectivity index (χ0n) is 13.3. The summed E-state index contributed by atoms with van der Waals surface area (Å²) in [6.45, 7) is 0.385. The molecule has 134 valence electrons. The molecular weight excluding hydrogens is 349 g/mol. The van der Waals surface area contributed by atoms with Gasteiger partial charge in [0, 0.05) is 23.5 Å². The van der Waals surface area contributed by atoms with Crippen LogP contribution in [0.2, 0.25) is 0 Å². The Hall–Kier alpha value is -3.30. The summed E-state index contributed by atoms with van der Waals surface area (Å²) in [5.74, 6) is -0.829. The number of carbonyl (C=O) groups is 1. The molecular formula is C16H13F3N6O. The van der Waals surface area contributed by atoms with Gasteiger partial charge in [-0.2, -0.15) is 13.2 Å². The second-order valence-electron chi connectivity index (χ2n) is 5.44. The van der Waals surface area contributed by atoms with E-state index in [1.54, 1.807) is 12.1 Å². The van der Waals surface area contributed by atoms with Crippen molar-refractivity contribution < 1.29 is 18.0 Å². The number of carbonyl (C=O) groups excluding carboxylic acids is 1. The maximum atomic E-state index is 13.3. The average molecular weight is 362 g/mol. The highest BCUT2D eigenvalue weighted by Crippen LogP contribution is 2.32. The minimum absolute atomic E-state index is 0.114. The molecule has 2 heterocycles. The molecule has 2 aromatic heterocycles. The Morgan fingerprint density at radius 1 is 1.19 bits per heavy atom. The van der Waals surface area contributed by atoms with Gasteiger partial charge in [0.15, 0.2) is 6.04 Å². The first-order valence-electron chi connectivity index (χ1n) is 7.51. The summed E-state index contributed by atoms with van der Waals surface area (Å²) < 4.78 is 41.4. The maximum Gasteiger partial charge on any atom is 0.412 e. The lowest BCUT2D eigenvalue weighted by Crippen LogP contribution is -2.38. The van der Waals surface area contributed by atoms with Crippen LogP contribution in [0.25, 0.3) is 0 Å². The van der Waals surface area contributed by atoms with Gasteiger partial charge in [0.2, 0.25) is 0 Å². The van der Waals surface area contributed by atoms with Crippen molar-refractivity contribution in [3.63, 3.8) is 0 Å². The van der Waals surface area contributed by atoms with Gasteiger partial charge in [-0.05, 0) is 34.2 Å². The number of alkyl halides is 3. The molecule has 0 bridgehead atoms. The number of pyridine rings is 1. The largest absolute Gasteiger partial charge is 0.412 e. The highest BCUT2D eigenvalue weighted by Gasteiger charge is 2.42. The van der Waals surface area contributed by atoms with Gasteiger partial charge >= 0.3 is 6.18 Å². The summed E-state index contributed by atoms with van der Waals surface area (Å²) in [5, 5.41) is 12.7. The summed E-state index contributed by atoms with van der Waals surface area (Å²) in [6, 6.07) is 6.67. The van der Waals surface area contributed by atoms with Gasteiger partial charge in [0.05, 0.1) is 6.54 Å². The molecule has 1 atom stereocenters. The average Bonchev–Trinajstić information content (AvgIpc) is 3.13. The van der Waals surface area contributed by atoms with Crippen LogP contribution in [0.1, 0.15) is 27.5 Å². The molecule has 0 aliphatic rings. The molecule has 26 heavy (non-hydrogen) atoms. The third kappa shape index (κ3) is 4.21. The monoisotopic (exact) mass is 362 g/mol. The fourth-order valence-electron chi connectivity index (χ4n) is 2.32. The van der Waals surface area contributed by atoms with Crippen molar-refractivity contribution in [1.82, 2.24) is 30.5 Å². The third-order valence-corrected chi connectivity index (χ3v) is 3.57. The summed E-state index contributed by atoms with van der Waals surface area (Å²) >= 11 is 0. The molecule has 7 nitrogen and oxygen atoms in total. The lowest BCUT2D eigenvalue weighted by atomic mass is 10.1. The van der Waals surface area contributed by atoms with Gasteiger partial charge in [0.1, 0.15) is 6.33 Å². The molecule has 1 N–H and O–H groups in total. The van der Waals surface area contributed by atoms with Crippen molar-refractivity contribution in [2.75, 3.05) is 0 Å². The molecule has 0 aliphatic heterocycles. The Kier molecular flexibility index (Phi) is 4.92. The molecule has 0 aliphatic carbocycles. The molecule has 0 fully saturated rings. The van der Waals surface area contributed by atoms with E-state index < -0.39 is 18.1 Å². The summed E-state index contributed by atoms with van der Waals surface area (Å²) in [6.07, 6.45) is -0.767. The molecule has 0 saturated carbocycles. The first-order chi connectivity index (χ1) is 12.4. The number of hydrogen-bond acceptors (Lipinski definition) is 5. The van der Waals surface area contributed by atoms with E-state index in [-0.39, 0.29) is 11.1 Å². The van der Waals surface area contributed by atoms with E-state index in [2.05, 4.69) is 20.5 Å². The van der Waals surface area contributed by atoms with Crippen LogP contribution < -0.4 is 5.32 Å². The number of halogens is 3. The molecule has 0 unspecified atom stereocenters. The predicted molar refractivity (Wildman–Crippen MR) is 83.9 cm³/mol. The van der Waals surface area contributed by atoms with Crippen LogP contribution in [-0.4, -0.2) is 37.3 Å². The number of hydrogen-bond donors (Lipinski definition) is 1. The Labute approximate surface area is 145 Å². The van der Waals surface area contributed by atoms with Crippen molar-refractivity contribution in [2.24, 2.45) is 0 Å². The van der Waals surface area contributed by atoms with Crippen LogP contribution in [0.3, 0.4) is 0 Å². The zero-order chi connectivity index (χ0) is 18.6. The topological polar surface area (TPSA) is 85.6 Å². The minimum Gasteiger partial charge on any atom is -0.337 e. The van der Waals surface area contributed by atoms with Gasteiger partial charge in [-0.15, -0.1) is 5.10 Å². The van der Waals surface area contributed by atoms with Crippen LogP contribution in [-0.2, 0) is 6.54 Å². The fraction of sp³-hybridized carbons (Fsp3) is 0.188. The van der Waals surface area contributed by atoms with Crippen molar-refractivity contribution in [3.05, 3.63) is 71.8 Å². The molecule has 10 heteroatoms. The fourth-order valence-corrected chi connectivity index (χ4v) is 2.32. The Bertz CT molecular complexity index is 850. The van der Waals surface area contributed by atoms with E-state index in [1.165, 1.54) is 41.5 Å². The molecule has 3 aromatic rings. The molecule has 0 radical (unpaired) electrons. The Balaban J connectivity index is 1.73. The van der Waals surface area contributed by atoms with E-state index in [1.807, 2.05) is 5.32 Å². The van der Waals surface area contributed by atoms with E-state index in [4.69, 9.17) is 0 Å². The van der Waals surface area contributed by atoms with E-state index in [9.17, 15) is 18.0 Å². The highest BCUT2D eigenvalue weighted by atomic mass is 19.4. The van der Waals surface area contributed by atoms with Gasteiger partial charge in [-0.25, -0.2) is 4.68 Å². The second kappa shape index (κ2) is 7.30. The molecule has 0 saturated heterocycles. The van der Waals surface area contributed by atoms with Gasteiger partial charge in [0.25, 0.3) is 5.91 Å². The smallest absolute Gasteiger partial charge is 0.337 e. The number of benzene rings is 1. The van der Waals surface area contributed by atoms with Gasteiger partial charge in [-0.3, -0.25) is 9.78 Å². The number of aromatic nitrogens is 5. The molecule has 0 spiro atoms. The standard InChI is InChI=1S/C16H13F3N6O/c17-16(18,19)14(13-2-1-7-20-8-13)22-15(26)12-5-3-11(4-6-12)9-25-10-21-23-24-25/h1-8,10,14H,9H2,(H,22,26)/t14-/m1/s1. The second-order valence-corrected chi connectivity index (χ2v) is 5.44. The lowest BCUT2D eigenvalue weighted by Gasteiger charge is -2.21. The molecule has 1 amide bonds. The van der Waals surface area contributed by atoms with Crippen molar-refractivity contribution >= 4 is 5.91 Å². The molecule has 1 aromatic carbocycles. The zero-order valence-corrected chi connectivity index (χ0v) is 13.3. The number of tetrazole rings is 1.